The molecule has 9 heteroatoms. The molecule has 0 bridgehead atoms. The SMILES string of the molecule is Cc1ocnc1C(=O)NCC(N1CCNCC1)C(F)(F)F. The van der Waals surface area contributed by atoms with Gasteiger partial charge in [-0.2, -0.15) is 13.2 Å². The average molecular weight is 306 g/mol. The van der Waals surface area contributed by atoms with Crippen LogP contribution in [0.4, 0.5) is 13.2 Å². The monoisotopic (exact) mass is 306 g/mol. The van der Waals surface area contributed by atoms with Crippen LogP contribution in [0.5, 0.6) is 0 Å². The van der Waals surface area contributed by atoms with E-state index in [4.69, 9.17) is 4.42 Å². The van der Waals surface area contributed by atoms with Crippen molar-refractivity contribution in [3.8, 4) is 0 Å². The number of piperazine rings is 1. The molecule has 2 rings (SSSR count). The van der Waals surface area contributed by atoms with Gasteiger partial charge in [-0.05, 0) is 6.92 Å². The highest BCUT2D eigenvalue weighted by atomic mass is 19.4. The normalized spacial score (nSPS) is 18.5. The summed E-state index contributed by atoms with van der Waals surface area (Å²) in [6, 6.07) is -1.70. The molecular formula is C12H17F3N4O2. The molecule has 1 aromatic rings. The number of rotatable bonds is 4. The number of aryl methyl sites for hydroxylation is 1. The van der Waals surface area contributed by atoms with E-state index in [0.717, 1.165) is 6.39 Å². The zero-order chi connectivity index (χ0) is 15.5. The molecule has 2 heterocycles. The van der Waals surface area contributed by atoms with Crippen LogP contribution in [-0.4, -0.2) is 60.7 Å². The number of hydrogen-bond acceptors (Lipinski definition) is 5. The molecule has 1 fully saturated rings. The zero-order valence-corrected chi connectivity index (χ0v) is 11.5. The quantitative estimate of drug-likeness (QED) is 0.850. The third-order valence-electron chi connectivity index (χ3n) is 3.39. The van der Waals surface area contributed by atoms with Crippen molar-refractivity contribution in [2.45, 2.75) is 19.1 Å². The van der Waals surface area contributed by atoms with Gasteiger partial charge in [-0.25, -0.2) is 4.98 Å². The number of aromatic nitrogens is 1. The zero-order valence-electron chi connectivity index (χ0n) is 11.5. The first-order valence-electron chi connectivity index (χ1n) is 6.59. The van der Waals surface area contributed by atoms with Crippen molar-refractivity contribution in [2.75, 3.05) is 32.7 Å². The predicted molar refractivity (Wildman–Crippen MR) is 67.9 cm³/mol. The minimum atomic E-state index is -4.40. The van der Waals surface area contributed by atoms with Gasteiger partial charge in [-0.1, -0.05) is 0 Å². The van der Waals surface area contributed by atoms with E-state index in [1.807, 2.05) is 0 Å². The van der Waals surface area contributed by atoms with Crippen molar-refractivity contribution in [3.63, 3.8) is 0 Å². The van der Waals surface area contributed by atoms with Crippen molar-refractivity contribution in [3.05, 3.63) is 17.8 Å². The van der Waals surface area contributed by atoms with E-state index in [2.05, 4.69) is 15.6 Å². The Kier molecular flexibility index (Phi) is 4.84. The molecule has 1 aliphatic heterocycles. The van der Waals surface area contributed by atoms with Crippen molar-refractivity contribution in [1.82, 2.24) is 20.5 Å². The molecule has 6 nitrogen and oxygen atoms in total. The maximum absolute atomic E-state index is 13.1. The number of carbonyl (C=O) groups is 1. The summed E-state index contributed by atoms with van der Waals surface area (Å²) in [7, 11) is 0. The van der Waals surface area contributed by atoms with Crippen LogP contribution in [0.15, 0.2) is 10.8 Å². The highest BCUT2D eigenvalue weighted by Gasteiger charge is 2.43. The first kappa shape index (κ1) is 15.8. The maximum Gasteiger partial charge on any atom is 0.405 e. The smallest absolute Gasteiger partial charge is 0.405 e. The van der Waals surface area contributed by atoms with Gasteiger partial charge in [-0.3, -0.25) is 9.69 Å². The van der Waals surface area contributed by atoms with Crippen LogP contribution < -0.4 is 10.6 Å². The van der Waals surface area contributed by atoms with E-state index in [9.17, 15) is 18.0 Å². The Labute approximate surface area is 119 Å². The summed E-state index contributed by atoms with van der Waals surface area (Å²) in [5.74, 6) is -0.385. The van der Waals surface area contributed by atoms with Gasteiger partial charge in [0.1, 0.15) is 11.8 Å². The van der Waals surface area contributed by atoms with Gasteiger partial charge < -0.3 is 15.1 Å². The van der Waals surface area contributed by atoms with Gasteiger partial charge in [0.05, 0.1) is 0 Å². The first-order chi connectivity index (χ1) is 9.89. The lowest BCUT2D eigenvalue weighted by molar-refractivity contribution is -0.183. The average Bonchev–Trinajstić information content (AvgIpc) is 2.85. The van der Waals surface area contributed by atoms with Gasteiger partial charge in [0.2, 0.25) is 0 Å². The summed E-state index contributed by atoms with van der Waals surface area (Å²) in [6.45, 7) is 2.62. The Morgan fingerprint density at radius 2 is 2.19 bits per heavy atom. The topological polar surface area (TPSA) is 70.4 Å². The lowest BCUT2D eigenvalue weighted by Gasteiger charge is -2.35. The van der Waals surface area contributed by atoms with E-state index < -0.39 is 24.7 Å². The van der Waals surface area contributed by atoms with Crippen molar-refractivity contribution in [2.24, 2.45) is 0 Å². The lowest BCUT2D eigenvalue weighted by atomic mass is 10.2. The lowest BCUT2D eigenvalue weighted by Crippen LogP contribution is -2.57. The molecule has 0 aromatic carbocycles. The van der Waals surface area contributed by atoms with Crippen molar-refractivity contribution < 1.29 is 22.4 Å². The number of hydrogen-bond donors (Lipinski definition) is 2. The number of nitrogens with one attached hydrogen (secondary N) is 2. The number of oxazole rings is 1. The van der Waals surface area contributed by atoms with E-state index in [0.29, 0.717) is 26.2 Å². The van der Waals surface area contributed by atoms with E-state index >= 15 is 0 Å². The summed E-state index contributed by atoms with van der Waals surface area (Å²) in [5.41, 5.74) is 0.0104. The summed E-state index contributed by atoms with van der Waals surface area (Å²) in [5, 5.41) is 5.28. The number of halogens is 3. The number of carbonyl (C=O) groups excluding carboxylic acids is 1. The van der Waals surface area contributed by atoms with Crippen LogP contribution in [-0.2, 0) is 0 Å². The van der Waals surface area contributed by atoms with Crippen LogP contribution in [0.25, 0.3) is 0 Å². The molecule has 1 saturated heterocycles. The second kappa shape index (κ2) is 6.44. The van der Waals surface area contributed by atoms with Crippen LogP contribution in [0.1, 0.15) is 16.2 Å². The molecule has 0 aliphatic carbocycles. The Hall–Kier alpha value is -1.61. The minimum Gasteiger partial charge on any atom is -0.448 e. The molecule has 118 valence electrons. The molecule has 2 N–H and O–H groups in total. The fourth-order valence-corrected chi connectivity index (χ4v) is 2.24. The van der Waals surface area contributed by atoms with E-state index in [1.165, 1.54) is 11.8 Å². The summed E-state index contributed by atoms with van der Waals surface area (Å²) in [6.07, 6.45) is -3.31. The highest BCUT2D eigenvalue weighted by molar-refractivity contribution is 5.93. The summed E-state index contributed by atoms with van der Waals surface area (Å²) in [4.78, 5) is 16.8. The van der Waals surface area contributed by atoms with Gasteiger partial charge >= 0.3 is 6.18 Å². The molecule has 1 aromatic heterocycles. The Morgan fingerprint density at radius 3 is 2.71 bits per heavy atom. The molecule has 0 spiro atoms. The minimum absolute atomic E-state index is 0.0104. The molecule has 1 amide bonds. The van der Waals surface area contributed by atoms with E-state index in [-0.39, 0.29) is 11.5 Å². The summed E-state index contributed by atoms with van der Waals surface area (Å²) < 4.78 is 44.3. The number of nitrogens with zero attached hydrogens (tertiary/aromatic N) is 2. The molecule has 0 radical (unpaired) electrons. The van der Waals surface area contributed by atoms with Gasteiger partial charge in [0.25, 0.3) is 5.91 Å². The van der Waals surface area contributed by atoms with Crippen LogP contribution >= 0.6 is 0 Å². The second-order valence-electron chi connectivity index (χ2n) is 4.81. The Morgan fingerprint density at radius 1 is 1.52 bits per heavy atom. The van der Waals surface area contributed by atoms with Gasteiger partial charge in [0, 0.05) is 32.7 Å². The molecular weight excluding hydrogens is 289 g/mol. The molecule has 21 heavy (non-hydrogen) atoms. The van der Waals surface area contributed by atoms with Gasteiger partial charge in [0.15, 0.2) is 12.1 Å². The number of alkyl halides is 3. The number of amides is 1. The standard InChI is InChI=1S/C12H17F3N4O2/c1-8-10(18-7-21-8)11(20)17-6-9(12(13,14)15)19-4-2-16-3-5-19/h7,9,16H,2-6H2,1H3,(H,17,20). The molecule has 1 atom stereocenters. The highest BCUT2D eigenvalue weighted by Crippen LogP contribution is 2.24. The fraction of sp³-hybridized carbons (Fsp3) is 0.667. The third-order valence-corrected chi connectivity index (χ3v) is 3.39. The van der Waals surface area contributed by atoms with Crippen LogP contribution in [0.3, 0.4) is 0 Å². The molecule has 0 saturated carbocycles. The van der Waals surface area contributed by atoms with Crippen molar-refractivity contribution in [1.29, 1.82) is 0 Å². The third kappa shape index (κ3) is 3.94. The molecule has 1 aliphatic rings. The van der Waals surface area contributed by atoms with Crippen LogP contribution in [0.2, 0.25) is 0 Å². The maximum atomic E-state index is 13.1. The second-order valence-corrected chi connectivity index (χ2v) is 4.81. The Balaban J connectivity index is 1.99. The first-order valence-corrected chi connectivity index (χ1v) is 6.59. The van der Waals surface area contributed by atoms with Gasteiger partial charge in [-0.15, -0.1) is 0 Å². The largest absolute Gasteiger partial charge is 0.448 e. The van der Waals surface area contributed by atoms with Crippen LogP contribution in [0, 0.1) is 6.92 Å². The predicted octanol–water partition coefficient (Wildman–Crippen LogP) is 0.549. The Bertz CT molecular complexity index is 483. The van der Waals surface area contributed by atoms with E-state index in [1.54, 1.807) is 0 Å². The summed E-state index contributed by atoms with van der Waals surface area (Å²) >= 11 is 0. The molecule has 1 unspecified atom stereocenters. The van der Waals surface area contributed by atoms with Crippen molar-refractivity contribution >= 4 is 5.91 Å². The fourth-order valence-electron chi connectivity index (χ4n) is 2.24.